The van der Waals surface area contributed by atoms with Gasteiger partial charge in [0.05, 0.1) is 0 Å². The van der Waals surface area contributed by atoms with Crippen molar-refractivity contribution < 1.29 is 0 Å². The topological polar surface area (TPSA) is 76.7 Å². The SMILES string of the molecule is Cc1cnccc1CNc1ncnc(N)c1Cl. The van der Waals surface area contributed by atoms with E-state index in [2.05, 4.69) is 20.3 Å². The fourth-order valence-electron chi connectivity index (χ4n) is 1.39. The Morgan fingerprint density at radius 3 is 3.00 bits per heavy atom. The van der Waals surface area contributed by atoms with Gasteiger partial charge in [-0.3, -0.25) is 4.98 Å². The molecule has 0 fully saturated rings. The molecule has 17 heavy (non-hydrogen) atoms. The summed E-state index contributed by atoms with van der Waals surface area (Å²) in [5.41, 5.74) is 7.83. The Morgan fingerprint density at radius 1 is 1.41 bits per heavy atom. The van der Waals surface area contributed by atoms with Gasteiger partial charge in [0.15, 0.2) is 5.82 Å². The highest BCUT2D eigenvalue weighted by Crippen LogP contribution is 2.23. The average Bonchev–Trinajstić information content (AvgIpc) is 2.33. The summed E-state index contributed by atoms with van der Waals surface area (Å²) in [7, 11) is 0. The number of nitrogens with one attached hydrogen (secondary N) is 1. The zero-order chi connectivity index (χ0) is 12.3. The summed E-state index contributed by atoms with van der Waals surface area (Å²) >= 11 is 5.97. The summed E-state index contributed by atoms with van der Waals surface area (Å²) < 4.78 is 0. The van der Waals surface area contributed by atoms with Crippen LogP contribution in [0.2, 0.25) is 5.02 Å². The molecule has 3 N–H and O–H groups in total. The standard InChI is InChI=1S/C11H12ClN5/c1-7-4-14-3-2-8(7)5-15-11-9(12)10(13)16-6-17-11/h2-4,6H,5H2,1H3,(H3,13,15,16,17). The van der Waals surface area contributed by atoms with Crippen molar-refractivity contribution >= 4 is 23.2 Å². The lowest BCUT2D eigenvalue weighted by atomic mass is 10.1. The minimum atomic E-state index is 0.274. The number of nitrogens with two attached hydrogens (primary N) is 1. The van der Waals surface area contributed by atoms with Crippen molar-refractivity contribution in [3.05, 3.63) is 40.9 Å². The Hall–Kier alpha value is -1.88. The summed E-state index contributed by atoms with van der Waals surface area (Å²) in [5, 5.41) is 3.47. The van der Waals surface area contributed by atoms with E-state index >= 15 is 0 Å². The molecule has 0 spiro atoms. The number of hydrogen-bond acceptors (Lipinski definition) is 5. The molecule has 88 valence electrons. The van der Waals surface area contributed by atoms with Gasteiger partial charge in [-0.1, -0.05) is 11.6 Å². The minimum Gasteiger partial charge on any atom is -0.382 e. The highest BCUT2D eigenvalue weighted by molar-refractivity contribution is 6.35. The van der Waals surface area contributed by atoms with Gasteiger partial charge in [-0.15, -0.1) is 0 Å². The molecule has 0 aliphatic heterocycles. The van der Waals surface area contributed by atoms with Crippen molar-refractivity contribution in [3.63, 3.8) is 0 Å². The number of hydrogen-bond donors (Lipinski definition) is 2. The van der Waals surface area contributed by atoms with Gasteiger partial charge in [0.25, 0.3) is 0 Å². The van der Waals surface area contributed by atoms with Crippen LogP contribution in [0.4, 0.5) is 11.6 Å². The van der Waals surface area contributed by atoms with E-state index in [0.717, 1.165) is 11.1 Å². The first kappa shape index (κ1) is 11.6. The zero-order valence-corrected chi connectivity index (χ0v) is 10.1. The van der Waals surface area contributed by atoms with E-state index in [1.54, 1.807) is 6.20 Å². The predicted molar refractivity (Wildman–Crippen MR) is 67.8 cm³/mol. The van der Waals surface area contributed by atoms with E-state index < -0.39 is 0 Å². The highest BCUT2D eigenvalue weighted by Gasteiger charge is 2.06. The molecule has 2 aromatic rings. The lowest BCUT2D eigenvalue weighted by molar-refractivity contribution is 1.06. The van der Waals surface area contributed by atoms with Crippen LogP contribution in [0.25, 0.3) is 0 Å². The lowest BCUT2D eigenvalue weighted by Gasteiger charge is -2.09. The second-order valence-corrected chi connectivity index (χ2v) is 3.96. The number of pyridine rings is 1. The van der Waals surface area contributed by atoms with Crippen molar-refractivity contribution in [1.82, 2.24) is 15.0 Å². The van der Waals surface area contributed by atoms with E-state index in [-0.39, 0.29) is 5.82 Å². The molecule has 0 unspecified atom stereocenters. The van der Waals surface area contributed by atoms with Gasteiger partial charge in [0, 0.05) is 18.9 Å². The van der Waals surface area contributed by atoms with E-state index in [1.165, 1.54) is 6.33 Å². The Labute approximate surface area is 104 Å². The van der Waals surface area contributed by atoms with Crippen molar-refractivity contribution in [2.75, 3.05) is 11.1 Å². The molecule has 0 aliphatic carbocycles. The fourth-order valence-corrected chi connectivity index (χ4v) is 1.55. The summed E-state index contributed by atoms with van der Waals surface area (Å²) in [5.74, 6) is 0.811. The second-order valence-electron chi connectivity index (χ2n) is 3.58. The van der Waals surface area contributed by atoms with Gasteiger partial charge in [-0.25, -0.2) is 9.97 Å². The molecule has 5 nitrogen and oxygen atoms in total. The maximum absolute atomic E-state index is 5.97. The monoisotopic (exact) mass is 249 g/mol. The van der Waals surface area contributed by atoms with Gasteiger partial charge < -0.3 is 11.1 Å². The average molecular weight is 250 g/mol. The van der Waals surface area contributed by atoms with Crippen LogP contribution in [-0.4, -0.2) is 15.0 Å². The molecule has 6 heteroatoms. The van der Waals surface area contributed by atoms with Crippen molar-refractivity contribution in [3.8, 4) is 0 Å². The van der Waals surface area contributed by atoms with Crippen LogP contribution in [0.3, 0.4) is 0 Å². The largest absolute Gasteiger partial charge is 0.382 e. The lowest BCUT2D eigenvalue weighted by Crippen LogP contribution is -2.05. The molecule has 0 radical (unpaired) electrons. The molecule has 0 saturated carbocycles. The molecule has 0 amide bonds. The smallest absolute Gasteiger partial charge is 0.150 e. The van der Waals surface area contributed by atoms with Crippen molar-refractivity contribution in [2.45, 2.75) is 13.5 Å². The Kier molecular flexibility index (Phi) is 3.39. The van der Waals surface area contributed by atoms with Crippen LogP contribution >= 0.6 is 11.6 Å². The molecule has 0 aromatic carbocycles. The van der Waals surface area contributed by atoms with Crippen LogP contribution < -0.4 is 11.1 Å². The first-order chi connectivity index (χ1) is 8.18. The van der Waals surface area contributed by atoms with Crippen LogP contribution in [0, 0.1) is 6.92 Å². The van der Waals surface area contributed by atoms with Gasteiger partial charge in [-0.2, -0.15) is 0 Å². The predicted octanol–water partition coefficient (Wildman–Crippen LogP) is 2.03. The maximum Gasteiger partial charge on any atom is 0.150 e. The Balaban J connectivity index is 2.13. The molecular weight excluding hydrogens is 238 g/mol. The third-order valence-corrected chi connectivity index (χ3v) is 2.77. The third kappa shape index (κ3) is 2.62. The molecule has 0 atom stereocenters. The normalized spacial score (nSPS) is 10.2. The number of aryl methyl sites for hydroxylation is 1. The number of anilines is 2. The molecule has 2 rings (SSSR count). The Morgan fingerprint density at radius 2 is 2.24 bits per heavy atom. The number of aromatic nitrogens is 3. The molecule has 2 aromatic heterocycles. The van der Waals surface area contributed by atoms with E-state index in [4.69, 9.17) is 17.3 Å². The fraction of sp³-hybridized carbons (Fsp3) is 0.182. The van der Waals surface area contributed by atoms with Crippen LogP contribution in [-0.2, 0) is 6.54 Å². The van der Waals surface area contributed by atoms with Crippen LogP contribution in [0.5, 0.6) is 0 Å². The molecular formula is C11H12ClN5. The van der Waals surface area contributed by atoms with Crippen LogP contribution in [0.15, 0.2) is 24.8 Å². The number of halogens is 1. The zero-order valence-electron chi connectivity index (χ0n) is 9.31. The highest BCUT2D eigenvalue weighted by atomic mass is 35.5. The Bertz CT molecular complexity index is 529. The minimum absolute atomic E-state index is 0.274. The van der Waals surface area contributed by atoms with Crippen molar-refractivity contribution in [2.24, 2.45) is 0 Å². The van der Waals surface area contributed by atoms with Gasteiger partial charge in [-0.05, 0) is 24.1 Å². The second kappa shape index (κ2) is 4.97. The molecule has 0 saturated heterocycles. The van der Waals surface area contributed by atoms with E-state index in [0.29, 0.717) is 17.4 Å². The van der Waals surface area contributed by atoms with E-state index in [1.807, 2.05) is 19.2 Å². The molecule has 0 aliphatic rings. The summed E-state index contributed by atoms with van der Waals surface area (Å²) in [6, 6.07) is 1.95. The number of nitrogen functional groups attached to an aromatic ring is 1. The first-order valence-electron chi connectivity index (χ1n) is 5.08. The van der Waals surface area contributed by atoms with Gasteiger partial charge >= 0.3 is 0 Å². The summed E-state index contributed by atoms with van der Waals surface area (Å²) in [6.45, 7) is 2.62. The van der Waals surface area contributed by atoms with Gasteiger partial charge in [0.1, 0.15) is 17.2 Å². The first-order valence-corrected chi connectivity index (χ1v) is 5.45. The number of rotatable bonds is 3. The van der Waals surface area contributed by atoms with Crippen molar-refractivity contribution in [1.29, 1.82) is 0 Å². The maximum atomic E-state index is 5.97. The summed E-state index contributed by atoms with van der Waals surface area (Å²) in [6.07, 6.45) is 4.94. The quantitative estimate of drug-likeness (QED) is 0.870. The van der Waals surface area contributed by atoms with Gasteiger partial charge in [0.2, 0.25) is 0 Å². The molecule has 0 bridgehead atoms. The van der Waals surface area contributed by atoms with E-state index in [9.17, 15) is 0 Å². The molecule has 2 heterocycles. The van der Waals surface area contributed by atoms with Crippen LogP contribution in [0.1, 0.15) is 11.1 Å². The number of nitrogens with zero attached hydrogens (tertiary/aromatic N) is 3. The third-order valence-electron chi connectivity index (χ3n) is 2.40. The summed E-state index contributed by atoms with van der Waals surface area (Å²) in [4.78, 5) is 11.9.